The van der Waals surface area contributed by atoms with Gasteiger partial charge in [0.05, 0.1) is 0 Å². The van der Waals surface area contributed by atoms with Gasteiger partial charge in [-0.2, -0.15) is 0 Å². The Morgan fingerprint density at radius 2 is 1.34 bits per heavy atom. The van der Waals surface area contributed by atoms with Crippen molar-refractivity contribution in [2.75, 3.05) is 5.32 Å². The average molecular weight is 460 g/mol. The standard InChI is InChI=1S/C31H22FNO2/c32-24-17-15-21(16-18-24)20-31(25-13-7-8-14-27(25)33-30(31)34)26-19-28(22-9-3-1-4-10-22)35-29(26)23-11-5-2-6-12-23/h1-19H,20H2,(H,33,34)/t31-/m0/s1. The molecule has 1 aliphatic rings. The van der Waals surface area contributed by atoms with Crippen LogP contribution in [0.15, 0.2) is 120 Å². The SMILES string of the molecule is O=C1Nc2ccccc2[C@@]1(Cc1ccc(F)cc1)c1cc(-c2ccccc2)oc1-c1ccccc1. The Morgan fingerprint density at radius 3 is 2.06 bits per heavy atom. The van der Waals surface area contributed by atoms with Gasteiger partial charge in [-0.3, -0.25) is 4.79 Å². The van der Waals surface area contributed by atoms with E-state index in [1.807, 2.05) is 91.0 Å². The van der Waals surface area contributed by atoms with Crippen molar-refractivity contribution in [3.63, 3.8) is 0 Å². The van der Waals surface area contributed by atoms with Crippen LogP contribution in [0.5, 0.6) is 0 Å². The zero-order valence-corrected chi connectivity index (χ0v) is 18.9. The van der Waals surface area contributed by atoms with Crippen molar-refractivity contribution in [3.05, 3.63) is 138 Å². The molecule has 1 aromatic heterocycles. The predicted octanol–water partition coefficient (Wildman–Crippen LogP) is 7.23. The Kier molecular flexibility index (Phi) is 5.07. The second-order valence-electron chi connectivity index (χ2n) is 8.79. The van der Waals surface area contributed by atoms with Crippen molar-refractivity contribution in [2.45, 2.75) is 11.8 Å². The van der Waals surface area contributed by atoms with E-state index in [2.05, 4.69) is 5.32 Å². The van der Waals surface area contributed by atoms with Gasteiger partial charge in [0, 0.05) is 22.4 Å². The number of halogens is 1. The molecule has 2 heterocycles. The van der Waals surface area contributed by atoms with Gasteiger partial charge in [0.1, 0.15) is 22.8 Å². The van der Waals surface area contributed by atoms with Gasteiger partial charge in [-0.1, -0.05) is 91.0 Å². The van der Waals surface area contributed by atoms with Crippen molar-refractivity contribution in [1.82, 2.24) is 0 Å². The van der Waals surface area contributed by atoms with Gasteiger partial charge < -0.3 is 9.73 Å². The van der Waals surface area contributed by atoms with Crippen molar-refractivity contribution < 1.29 is 13.6 Å². The van der Waals surface area contributed by atoms with E-state index < -0.39 is 5.41 Å². The van der Waals surface area contributed by atoms with Crippen LogP contribution in [-0.2, 0) is 16.6 Å². The Labute approximate surface area is 202 Å². The van der Waals surface area contributed by atoms with Crippen LogP contribution in [0.3, 0.4) is 0 Å². The molecule has 6 rings (SSSR count). The highest BCUT2D eigenvalue weighted by Crippen LogP contribution is 2.50. The van der Waals surface area contributed by atoms with E-state index in [1.165, 1.54) is 12.1 Å². The van der Waals surface area contributed by atoms with Crippen LogP contribution in [0.2, 0.25) is 0 Å². The minimum atomic E-state index is -1.05. The highest BCUT2D eigenvalue weighted by atomic mass is 19.1. The first-order chi connectivity index (χ1) is 17.1. The number of carbonyl (C=O) groups excluding carboxylic acids is 1. The predicted molar refractivity (Wildman–Crippen MR) is 136 cm³/mol. The van der Waals surface area contributed by atoms with Crippen molar-refractivity contribution >= 4 is 11.6 Å². The summed E-state index contributed by atoms with van der Waals surface area (Å²) in [5.74, 6) is 0.910. The molecule has 1 aliphatic heterocycles. The first-order valence-corrected chi connectivity index (χ1v) is 11.6. The number of carbonyl (C=O) groups is 1. The molecule has 0 bridgehead atoms. The molecule has 0 unspecified atom stereocenters. The monoisotopic (exact) mass is 459 g/mol. The summed E-state index contributed by atoms with van der Waals surface area (Å²) < 4.78 is 20.2. The van der Waals surface area contributed by atoms with Crippen LogP contribution in [-0.4, -0.2) is 5.91 Å². The number of rotatable bonds is 5. The summed E-state index contributed by atoms with van der Waals surface area (Å²) in [4.78, 5) is 13.9. The van der Waals surface area contributed by atoms with Gasteiger partial charge in [0.2, 0.25) is 5.91 Å². The number of furan rings is 1. The molecular formula is C31H22FNO2. The van der Waals surface area contributed by atoms with Crippen molar-refractivity contribution in [3.8, 4) is 22.6 Å². The third-order valence-corrected chi connectivity index (χ3v) is 6.69. The third kappa shape index (κ3) is 3.55. The maximum atomic E-state index is 13.9. The fourth-order valence-corrected chi connectivity index (χ4v) is 5.02. The summed E-state index contributed by atoms with van der Waals surface area (Å²) in [6.07, 6.45) is 0.365. The summed E-state index contributed by atoms with van der Waals surface area (Å²) in [5, 5.41) is 3.09. The maximum Gasteiger partial charge on any atom is 0.240 e. The average Bonchev–Trinajstić information content (AvgIpc) is 3.47. The Bertz CT molecular complexity index is 1510. The molecule has 0 saturated heterocycles. The summed E-state index contributed by atoms with van der Waals surface area (Å²) in [5.41, 5.74) is 4.08. The Balaban J connectivity index is 1.64. The lowest BCUT2D eigenvalue weighted by atomic mass is 9.70. The molecular weight excluding hydrogens is 437 g/mol. The molecule has 170 valence electrons. The number of hydrogen-bond acceptors (Lipinski definition) is 2. The molecule has 1 amide bonds. The molecule has 35 heavy (non-hydrogen) atoms. The minimum Gasteiger partial charge on any atom is -0.456 e. The van der Waals surface area contributed by atoms with Crippen molar-refractivity contribution in [1.29, 1.82) is 0 Å². The molecule has 0 saturated carbocycles. The highest BCUT2D eigenvalue weighted by Gasteiger charge is 2.50. The fourth-order valence-electron chi connectivity index (χ4n) is 5.02. The largest absolute Gasteiger partial charge is 0.456 e. The normalized spacial score (nSPS) is 16.7. The molecule has 0 aliphatic carbocycles. The number of fused-ring (bicyclic) bond motifs is 1. The smallest absolute Gasteiger partial charge is 0.240 e. The lowest BCUT2D eigenvalue weighted by Gasteiger charge is -2.28. The van der Waals surface area contributed by atoms with E-state index in [0.717, 1.165) is 33.5 Å². The van der Waals surface area contributed by atoms with Gasteiger partial charge in [-0.25, -0.2) is 4.39 Å². The summed E-state index contributed by atoms with van der Waals surface area (Å²) in [7, 11) is 0. The van der Waals surface area contributed by atoms with E-state index >= 15 is 0 Å². The van der Waals surface area contributed by atoms with Gasteiger partial charge >= 0.3 is 0 Å². The molecule has 0 spiro atoms. The van der Waals surface area contributed by atoms with Gasteiger partial charge in [0.25, 0.3) is 0 Å². The molecule has 0 radical (unpaired) electrons. The van der Waals surface area contributed by atoms with Gasteiger partial charge in [0.15, 0.2) is 0 Å². The number of benzene rings is 4. The second-order valence-corrected chi connectivity index (χ2v) is 8.79. The lowest BCUT2D eigenvalue weighted by molar-refractivity contribution is -0.119. The number of hydrogen-bond donors (Lipinski definition) is 1. The molecule has 5 aromatic rings. The van der Waals surface area contributed by atoms with Crippen LogP contribution in [0.4, 0.5) is 10.1 Å². The van der Waals surface area contributed by atoms with E-state index in [0.29, 0.717) is 17.9 Å². The Hall–Kier alpha value is -4.44. The molecule has 1 atom stereocenters. The molecule has 3 nitrogen and oxygen atoms in total. The van der Waals surface area contributed by atoms with E-state index in [4.69, 9.17) is 4.42 Å². The van der Waals surface area contributed by atoms with E-state index in [9.17, 15) is 9.18 Å². The first-order valence-electron chi connectivity index (χ1n) is 11.6. The maximum absolute atomic E-state index is 13.9. The minimum absolute atomic E-state index is 0.124. The molecule has 4 heteroatoms. The summed E-state index contributed by atoms with van der Waals surface area (Å²) in [6.45, 7) is 0. The Morgan fingerprint density at radius 1 is 0.714 bits per heavy atom. The van der Waals surface area contributed by atoms with Crippen molar-refractivity contribution in [2.24, 2.45) is 0 Å². The second kappa shape index (κ2) is 8.41. The number of anilines is 1. The topological polar surface area (TPSA) is 42.2 Å². The zero-order valence-electron chi connectivity index (χ0n) is 18.9. The molecule has 4 aromatic carbocycles. The van der Waals surface area contributed by atoms with Crippen LogP contribution in [0.1, 0.15) is 16.7 Å². The van der Waals surface area contributed by atoms with Crippen LogP contribution >= 0.6 is 0 Å². The first kappa shape index (κ1) is 21.1. The number of nitrogens with one attached hydrogen (secondary N) is 1. The highest BCUT2D eigenvalue weighted by molar-refractivity contribution is 6.10. The van der Waals surface area contributed by atoms with E-state index in [-0.39, 0.29) is 11.7 Å². The number of amides is 1. The quantitative estimate of drug-likeness (QED) is 0.301. The lowest BCUT2D eigenvalue weighted by Crippen LogP contribution is -2.38. The van der Waals surface area contributed by atoms with E-state index in [1.54, 1.807) is 12.1 Å². The molecule has 1 N–H and O–H groups in total. The van der Waals surface area contributed by atoms with Crippen LogP contribution in [0, 0.1) is 5.82 Å². The van der Waals surface area contributed by atoms with Gasteiger partial charge in [-0.05, 0) is 41.8 Å². The van der Waals surface area contributed by atoms with Crippen LogP contribution < -0.4 is 5.32 Å². The summed E-state index contributed by atoms with van der Waals surface area (Å²) >= 11 is 0. The van der Waals surface area contributed by atoms with Gasteiger partial charge in [-0.15, -0.1) is 0 Å². The summed E-state index contributed by atoms with van der Waals surface area (Å²) in [6, 6.07) is 35.8. The fraction of sp³-hybridized carbons (Fsp3) is 0.0645. The molecule has 0 fully saturated rings. The van der Waals surface area contributed by atoms with Crippen LogP contribution in [0.25, 0.3) is 22.6 Å². The number of para-hydroxylation sites is 1. The zero-order chi connectivity index (χ0) is 23.8. The third-order valence-electron chi connectivity index (χ3n) is 6.69.